The number of carbonyl (C=O) groups is 2. The number of nitrogens with one attached hydrogen (secondary N) is 2. The Labute approximate surface area is 275 Å². The zero-order valence-corrected chi connectivity index (χ0v) is 27.0. The van der Waals surface area contributed by atoms with Gasteiger partial charge in [0.15, 0.2) is 0 Å². The number of allylic oxidation sites excluding steroid dienone is 1. The van der Waals surface area contributed by atoms with Crippen LogP contribution in [-0.2, 0) is 38.1 Å². The quantitative estimate of drug-likeness (QED) is 0.0577. The van der Waals surface area contributed by atoms with Crippen molar-refractivity contribution in [3.05, 3.63) is 11.6 Å². The Morgan fingerprint density at radius 1 is 0.902 bits per heavy atom. The Bertz CT molecular complexity index is 816. The summed E-state index contributed by atoms with van der Waals surface area (Å²) in [7, 11) is 0. The molecule has 41 heavy (non-hydrogen) atoms. The third kappa shape index (κ3) is 20.3. The van der Waals surface area contributed by atoms with E-state index in [1.165, 1.54) is 0 Å². The molecule has 1 aliphatic rings. The molecular weight excluding hydrogens is 679 g/mol. The Morgan fingerprint density at radius 3 is 1.85 bits per heavy atom. The SMILES string of the molecule is CC1CC(C(=O)NCCOCCOCCOCCOCCOCCN[C-]=O)CN(C(=O)/C(C#N)=C/C(C)(C)C)C1.[Tb]. The number of amides is 3. The van der Waals surface area contributed by atoms with Crippen molar-refractivity contribution in [2.24, 2.45) is 17.3 Å². The maximum Gasteiger partial charge on any atom is 0.264 e. The summed E-state index contributed by atoms with van der Waals surface area (Å²) in [5, 5.41) is 14.7. The van der Waals surface area contributed by atoms with E-state index < -0.39 is 0 Å². The van der Waals surface area contributed by atoms with Gasteiger partial charge in [-0.05, 0) is 17.8 Å². The van der Waals surface area contributed by atoms with Gasteiger partial charge in [-0.15, -0.1) is 0 Å². The summed E-state index contributed by atoms with van der Waals surface area (Å²) >= 11 is 0. The second kappa shape index (κ2) is 24.2. The molecule has 1 heterocycles. The van der Waals surface area contributed by atoms with Crippen LogP contribution in [0.2, 0.25) is 0 Å². The normalized spacial score (nSPS) is 17.3. The van der Waals surface area contributed by atoms with Gasteiger partial charge < -0.3 is 44.0 Å². The number of hydrogen-bond acceptors (Lipinski definition) is 9. The van der Waals surface area contributed by atoms with Crippen LogP contribution in [0.3, 0.4) is 0 Å². The van der Waals surface area contributed by atoms with Crippen LogP contribution < -0.4 is 10.6 Å². The summed E-state index contributed by atoms with van der Waals surface area (Å²) < 4.78 is 27.0. The summed E-state index contributed by atoms with van der Waals surface area (Å²) in [6.45, 7) is 13.8. The van der Waals surface area contributed by atoms with Crippen molar-refractivity contribution >= 4 is 18.2 Å². The predicted octanol–water partition coefficient (Wildman–Crippen LogP) is 0.823. The molecule has 2 unspecified atom stereocenters. The number of carbonyl (C=O) groups excluding carboxylic acids is 3. The summed E-state index contributed by atoms with van der Waals surface area (Å²) in [5.74, 6) is -0.581. The largest absolute Gasteiger partial charge is 0.528 e. The Morgan fingerprint density at radius 2 is 1.39 bits per heavy atom. The van der Waals surface area contributed by atoms with Crippen molar-refractivity contribution in [3.63, 3.8) is 0 Å². The van der Waals surface area contributed by atoms with Crippen LogP contribution in [0, 0.1) is 67.2 Å². The van der Waals surface area contributed by atoms with Gasteiger partial charge >= 0.3 is 0 Å². The summed E-state index contributed by atoms with van der Waals surface area (Å²) in [4.78, 5) is 37.2. The molecule has 237 valence electrons. The topological polar surface area (TPSA) is 148 Å². The summed E-state index contributed by atoms with van der Waals surface area (Å²) in [6, 6.07) is 2.02. The molecule has 1 rings (SSSR count). The first-order valence-electron chi connectivity index (χ1n) is 13.9. The Kier molecular flexibility index (Phi) is 23.4. The van der Waals surface area contributed by atoms with Crippen molar-refractivity contribution in [1.82, 2.24) is 15.5 Å². The molecule has 0 saturated carbocycles. The van der Waals surface area contributed by atoms with Crippen LogP contribution >= 0.6 is 0 Å². The minimum atomic E-state index is -0.319. The first-order valence-corrected chi connectivity index (χ1v) is 13.9. The molecule has 3 amide bonds. The fourth-order valence-electron chi connectivity index (χ4n) is 4.00. The number of piperidine rings is 1. The summed E-state index contributed by atoms with van der Waals surface area (Å²) in [5.41, 5.74) is -0.169. The van der Waals surface area contributed by atoms with Gasteiger partial charge in [0.25, 0.3) is 5.91 Å². The van der Waals surface area contributed by atoms with E-state index in [1.807, 2.05) is 33.8 Å². The molecule has 1 radical (unpaired) electrons. The van der Waals surface area contributed by atoms with E-state index in [2.05, 4.69) is 10.6 Å². The van der Waals surface area contributed by atoms with Crippen molar-refractivity contribution < 1.29 is 76.7 Å². The van der Waals surface area contributed by atoms with E-state index in [4.69, 9.17) is 23.7 Å². The van der Waals surface area contributed by atoms with Gasteiger partial charge in [-0.3, -0.25) is 9.59 Å². The number of rotatable bonds is 21. The molecule has 1 fully saturated rings. The van der Waals surface area contributed by atoms with E-state index in [0.717, 1.165) is 0 Å². The van der Waals surface area contributed by atoms with Gasteiger partial charge in [0.2, 0.25) is 5.91 Å². The van der Waals surface area contributed by atoms with Gasteiger partial charge in [-0.25, -0.2) is 0 Å². The third-order valence-corrected chi connectivity index (χ3v) is 5.72. The Hall–Kier alpha value is -1.27. The molecule has 2 N–H and O–H groups in total. The van der Waals surface area contributed by atoms with Gasteiger partial charge in [-0.1, -0.05) is 33.8 Å². The second-order valence-corrected chi connectivity index (χ2v) is 10.7. The van der Waals surface area contributed by atoms with Crippen molar-refractivity contribution in [1.29, 1.82) is 5.26 Å². The van der Waals surface area contributed by atoms with Crippen molar-refractivity contribution in [2.45, 2.75) is 34.1 Å². The molecule has 0 spiro atoms. The first kappa shape index (κ1) is 39.7. The number of nitrogens with zero attached hydrogens (tertiary/aromatic N) is 2. The van der Waals surface area contributed by atoms with Gasteiger partial charge in [0.1, 0.15) is 11.6 Å². The van der Waals surface area contributed by atoms with Crippen LogP contribution in [0.5, 0.6) is 0 Å². The molecule has 0 aliphatic carbocycles. The zero-order chi connectivity index (χ0) is 29.6. The first-order chi connectivity index (χ1) is 19.2. The van der Waals surface area contributed by atoms with E-state index in [0.29, 0.717) is 98.7 Å². The van der Waals surface area contributed by atoms with Crippen LogP contribution in [0.25, 0.3) is 0 Å². The van der Waals surface area contributed by atoms with Gasteiger partial charge in [0, 0.05) is 64.8 Å². The van der Waals surface area contributed by atoms with E-state index in [9.17, 15) is 19.6 Å². The second-order valence-electron chi connectivity index (χ2n) is 10.7. The minimum absolute atomic E-state index is 0. The minimum Gasteiger partial charge on any atom is -0.528 e. The Balaban J connectivity index is 0.0000160. The predicted molar refractivity (Wildman–Crippen MR) is 148 cm³/mol. The fourth-order valence-corrected chi connectivity index (χ4v) is 4.00. The number of hydrogen-bond donors (Lipinski definition) is 2. The van der Waals surface area contributed by atoms with E-state index in [1.54, 1.807) is 17.4 Å². The van der Waals surface area contributed by atoms with Crippen molar-refractivity contribution in [3.8, 4) is 6.07 Å². The molecule has 0 aromatic rings. The molecule has 1 saturated heterocycles. The van der Waals surface area contributed by atoms with Gasteiger partial charge in [-0.2, -0.15) is 11.7 Å². The molecule has 0 bridgehead atoms. The number of nitriles is 1. The standard InChI is InChI=1S/C28H47N4O8.Tb/c1-23-17-24(21-32(20-23)27(35)25(19-29)18-28(2,3)4)26(34)31-6-8-37-10-12-39-14-16-40-15-13-38-11-9-36-7-5-30-22-33;/h18,23-24H,5-17,20-21H2,1-4H3,(H,30,33)(H,31,34);/q-1;/b25-18+;. The molecule has 0 aromatic heterocycles. The smallest absolute Gasteiger partial charge is 0.264 e. The van der Waals surface area contributed by atoms with Crippen LogP contribution in [-0.4, -0.2) is 115 Å². The average molecular weight is 727 g/mol. The summed E-state index contributed by atoms with van der Waals surface area (Å²) in [6.07, 6.45) is 3.95. The monoisotopic (exact) mass is 726 g/mol. The van der Waals surface area contributed by atoms with Crippen molar-refractivity contribution in [2.75, 3.05) is 92.2 Å². The van der Waals surface area contributed by atoms with Crippen LogP contribution in [0.4, 0.5) is 0 Å². The number of ether oxygens (including phenoxy) is 5. The molecule has 1 aliphatic heterocycles. The van der Waals surface area contributed by atoms with Crippen LogP contribution in [0.1, 0.15) is 34.1 Å². The van der Waals surface area contributed by atoms with Gasteiger partial charge in [0.05, 0.1) is 72.0 Å². The fraction of sp³-hybridized carbons (Fsp3) is 0.786. The molecular formula is C28H47N4O8Tb-. The molecule has 0 aromatic carbocycles. The van der Waals surface area contributed by atoms with E-state index in [-0.39, 0.29) is 73.2 Å². The number of likely N-dealkylation sites (tertiary alicyclic amines) is 1. The van der Waals surface area contributed by atoms with E-state index >= 15 is 0 Å². The maximum atomic E-state index is 12.9. The maximum absolute atomic E-state index is 12.9. The third-order valence-electron chi connectivity index (χ3n) is 5.72. The zero-order valence-electron chi connectivity index (χ0n) is 24.8. The molecule has 13 heteroatoms. The average Bonchev–Trinajstić information content (AvgIpc) is 2.91. The molecule has 12 nitrogen and oxygen atoms in total. The van der Waals surface area contributed by atoms with Crippen LogP contribution in [0.15, 0.2) is 11.6 Å². The molecule has 2 atom stereocenters.